The van der Waals surface area contributed by atoms with Crippen LogP contribution in [0.1, 0.15) is 95.4 Å². The number of imide groups is 2. The van der Waals surface area contributed by atoms with Crippen molar-refractivity contribution in [3.8, 4) is 17.2 Å². The number of unbranched alkanes of at least 4 members (excludes halogenated alkanes) is 4. The number of carbonyl (C=O) groups excluding carboxylic acids is 6. The number of aryl methyl sites for hydroxylation is 1. The smallest absolute Gasteiger partial charge is 0.266 e. The Morgan fingerprint density at radius 2 is 1.67 bits per heavy atom. The van der Waals surface area contributed by atoms with Crippen molar-refractivity contribution in [1.82, 2.24) is 35.6 Å². The minimum Gasteiger partial charge on any atom is -0.497 e. The lowest BCUT2D eigenvalue weighted by Gasteiger charge is -2.27. The van der Waals surface area contributed by atoms with Crippen molar-refractivity contribution in [3.05, 3.63) is 105 Å². The van der Waals surface area contributed by atoms with Crippen LogP contribution >= 0.6 is 11.6 Å². The summed E-state index contributed by atoms with van der Waals surface area (Å²) in [6, 6.07) is 15.8. The number of ether oxygens (including phenoxy) is 2. The van der Waals surface area contributed by atoms with E-state index in [9.17, 15) is 28.8 Å². The van der Waals surface area contributed by atoms with Gasteiger partial charge < -0.3 is 20.1 Å². The first-order valence-electron chi connectivity index (χ1n) is 19.5. The number of amides is 6. The molecule has 2 aliphatic heterocycles. The number of halogens is 1. The van der Waals surface area contributed by atoms with Crippen molar-refractivity contribution >= 4 is 58.8 Å². The van der Waals surface area contributed by atoms with Gasteiger partial charge in [0.05, 0.1) is 29.6 Å². The van der Waals surface area contributed by atoms with Crippen molar-refractivity contribution in [3.63, 3.8) is 0 Å². The Bertz CT molecular complexity index is 2370. The fourth-order valence-corrected chi connectivity index (χ4v) is 7.11. The number of hydrogen-bond donors (Lipinski definition) is 4. The second-order valence-electron chi connectivity index (χ2n) is 14.3. The van der Waals surface area contributed by atoms with E-state index in [1.165, 1.54) is 18.2 Å². The summed E-state index contributed by atoms with van der Waals surface area (Å²) >= 11 is 6.09. The lowest BCUT2D eigenvalue weighted by molar-refractivity contribution is -0.136. The zero-order valence-electron chi connectivity index (χ0n) is 33.4. The second-order valence-corrected chi connectivity index (χ2v) is 14.8. The monoisotopic (exact) mass is 836 g/mol. The Morgan fingerprint density at radius 3 is 2.38 bits per heavy atom. The van der Waals surface area contributed by atoms with Crippen LogP contribution in [0.3, 0.4) is 0 Å². The van der Waals surface area contributed by atoms with Crippen LogP contribution in [0.5, 0.6) is 11.5 Å². The molecule has 1 atom stereocenters. The Labute approximate surface area is 351 Å². The predicted octanol–water partition coefficient (Wildman–Crippen LogP) is 4.72. The van der Waals surface area contributed by atoms with Gasteiger partial charge in [-0.25, -0.2) is 0 Å². The highest BCUT2D eigenvalue weighted by Gasteiger charge is 2.46. The summed E-state index contributed by atoms with van der Waals surface area (Å²) in [6.45, 7) is 4.03. The van der Waals surface area contributed by atoms with Crippen molar-refractivity contribution in [2.24, 2.45) is 0 Å². The number of nitrogens with one attached hydrogen (secondary N) is 4. The molecule has 0 saturated carbocycles. The van der Waals surface area contributed by atoms with E-state index in [4.69, 9.17) is 26.5 Å². The van der Waals surface area contributed by atoms with Crippen LogP contribution < -0.4 is 25.4 Å². The number of fused-ring (bicyclic) bond motifs is 1. The molecule has 0 aliphatic carbocycles. The molecule has 4 N–H and O–H groups in total. The molecule has 4 aromatic rings. The molecule has 60 heavy (non-hydrogen) atoms. The number of hydrogen-bond acceptors (Lipinski definition) is 11. The first-order valence-corrected chi connectivity index (χ1v) is 19.9. The molecule has 2 aliphatic rings. The van der Waals surface area contributed by atoms with Gasteiger partial charge in [0.1, 0.15) is 23.4 Å². The Morgan fingerprint density at radius 1 is 0.950 bits per heavy atom. The molecule has 3 aromatic carbocycles. The average molecular weight is 837 g/mol. The topological polar surface area (TPSA) is 215 Å². The van der Waals surface area contributed by atoms with Crippen LogP contribution in [-0.2, 0) is 19.2 Å². The molecule has 3 heterocycles. The molecule has 1 fully saturated rings. The van der Waals surface area contributed by atoms with Crippen molar-refractivity contribution in [1.29, 1.82) is 5.41 Å². The molecule has 1 aromatic heterocycles. The zero-order valence-corrected chi connectivity index (χ0v) is 34.2. The second kappa shape index (κ2) is 19.4. The number of aromatic nitrogens is 3. The number of benzene rings is 3. The van der Waals surface area contributed by atoms with Gasteiger partial charge in [-0.2, -0.15) is 0 Å². The summed E-state index contributed by atoms with van der Waals surface area (Å²) in [5.74, 6) is -1.52. The number of rotatable bonds is 18. The molecule has 0 bridgehead atoms. The predicted molar refractivity (Wildman–Crippen MR) is 221 cm³/mol. The van der Waals surface area contributed by atoms with E-state index in [1.54, 1.807) is 68.0 Å². The quantitative estimate of drug-likeness (QED) is 0.0468. The van der Waals surface area contributed by atoms with Crippen molar-refractivity contribution in [2.45, 2.75) is 64.8 Å². The standard InChI is InChI=1S/C43H45ClN8O8/c1-25(22-35-50-49-26(2)51(35)32-17-16-29(59-3)23-31(32)39(45)27-12-14-28(44)15-13-27)40(55)47-21-8-6-4-5-7-20-46-37(54)24-60-34-11-9-10-30-38(34)43(58)52(42(30)57)33-18-19-36(53)48-41(33)56/h9-17,22-23,33,45H,4-8,18-21,24H2,1-3H3,(H,46,54)(H,47,55)(H,48,53,56)/b25-22+,45-39?. The van der Waals surface area contributed by atoms with E-state index in [2.05, 4.69) is 26.1 Å². The molecule has 6 amide bonds. The maximum absolute atomic E-state index is 13.2. The van der Waals surface area contributed by atoms with E-state index in [-0.39, 0.29) is 47.9 Å². The molecular formula is C43H45ClN8O8. The van der Waals surface area contributed by atoms with E-state index in [1.807, 2.05) is 6.07 Å². The average Bonchev–Trinajstić information content (AvgIpc) is 3.73. The normalized spacial score (nSPS) is 15.1. The molecule has 1 saturated heterocycles. The highest BCUT2D eigenvalue weighted by atomic mass is 35.5. The first-order chi connectivity index (χ1) is 28.9. The maximum Gasteiger partial charge on any atom is 0.266 e. The van der Waals surface area contributed by atoms with E-state index in [0.29, 0.717) is 57.9 Å². The van der Waals surface area contributed by atoms with Gasteiger partial charge in [0, 0.05) is 41.2 Å². The number of carbonyl (C=O) groups is 6. The molecule has 0 radical (unpaired) electrons. The van der Waals surface area contributed by atoms with Crippen molar-refractivity contribution < 1.29 is 38.2 Å². The van der Waals surface area contributed by atoms with E-state index >= 15 is 0 Å². The minimum atomic E-state index is -1.10. The largest absolute Gasteiger partial charge is 0.497 e. The lowest BCUT2D eigenvalue weighted by Crippen LogP contribution is -2.54. The first kappa shape index (κ1) is 42.9. The van der Waals surface area contributed by atoms with Crippen LogP contribution in [0.25, 0.3) is 11.8 Å². The zero-order chi connectivity index (χ0) is 42.9. The van der Waals surface area contributed by atoms with Gasteiger partial charge in [0.25, 0.3) is 17.7 Å². The Hall–Kier alpha value is -6.68. The van der Waals surface area contributed by atoms with Gasteiger partial charge in [-0.05, 0) is 81.7 Å². The van der Waals surface area contributed by atoms with E-state index < -0.39 is 35.6 Å². The highest BCUT2D eigenvalue weighted by molar-refractivity contribution is 6.30. The molecule has 1 unspecified atom stereocenters. The van der Waals surface area contributed by atoms with Crippen LogP contribution in [0, 0.1) is 12.3 Å². The fraction of sp³-hybridized carbons (Fsp3) is 0.326. The summed E-state index contributed by atoms with van der Waals surface area (Å²) in [5.41, 5.74) is 2.64. The number of methoxy groups -OCH3 is 1. The molecule has 17 heteroatoms. The number of nitrogens with zero attached hydrogens (tertiary/aromatic N) is 4. The highest BCUT2D eigenvalue weighted by Crippen LogP contribution is 2.34. The minimum absolute atomic E-state index is 0.00795. The SMILES string of the molecule is COc1ccc(-n2c(C)nnc2/C=C(\C)C(=O)NCCCCCCCNC(=O)COc2cccc3c2C(=O)N(C2CCC(=O)NC2=O)C3=O)c(C(=N)c2ccc(Cl)cc2)c1. The number of piperidine rings is 1. The third kappa shape index (κ3) is 9.77. The van der Waals surface area contributed by atoms with Gasteiger partial charge in [0.15, 0.2) is 12.4 Å². The third-order valence-corrected chi connectivity index (χ3v) is 10.4. The molecule has 6 rings (SSSR count). The fourth-order valence-electron chi connectivity index (χ4n) is 6.99. The Kier molecular flexibility index (Phi) is 13.9. The summed E-state index contributed by atoms with van der Waals surface area (Å²) in [7, 11) is 1.56. The van der Waals surface area contributed by atoms with E-state index in [0.717, 1.165) is 37.0 Å². The summed E-state index contributed by atoms with van der Waals surface area (Å²) < 4.78 is 12.9. The Balaban J connectivity index is 0.915. The summed E-state index contributed by atoms with van der Waals surface area (Å²) in [5, 5.41) is 26.1. The van der Waals surface area contributed by atoms with Gasteiger partial charge in [0.2, 0.25) is 17.7 Å². The summed E-state index contributed by atoms with van der Waals surface area (Å²) in [4.78, 5) is 76.6. The third-order valence-electron chi connectivity index (χ3n) is 10.2. The molecule has 0 spiro atoms. The van der Waals surface area contributed by atoms with Crippen LogP contribution in [0.15, 0.2) is 66.2 Å². The maximum atomic E-state index is 13.2. The summed E-state index contributed by atoms with van der Waals surface area (Å²) in [6.07, 6.45) is 5.81. The lowest BCUT2D eigenvalue weighted by atomic mass is 10.00. The molecular weight excluding hydrogens is 792 g/mol. The van der Waals surface area contributed by atoms with Crippen LogP contribution in [-0.4, -0.2) is 93.7 Å². The van der Waals surface area contributed by atoms with Crippen LogP contribution in [0.2, 0.25) is 5.02 Å². The van der Waals surface area contributed by atoms with Gasteiger partial charge >= 0.3 is 0 Å². The van der Waals surface area contributed by atoms with Crippen LogP contribution in [0.4, 0.5) is 0 Å². The van der Waals surface area contributed by atoms with Gasteiger partial charge in [-0.3, -0.25) is 49.0 Å². The van der Waals surface area contributed by atoms with Gasteiger partial charge in [-0.15, -0.1) is 10.2 Å². The van der Waals surface area contributed by atoms with Crippen molar-refractivity contribution in [2.75, 3.05) is 26.8 Å². The molecule has 312 valence electrons. The van der Waals surface area contributed by atoms with Gasteiger partial charge in [-0.1, -0.05) is 49.1 Å². The molecule has 16 nitrogen and oxygen atoms in total.